The van der Waals surface area contributed by atoms with Gasteiger partial charge in [-0.05, 0) is 45.0 Å². The Morgan fingerprint density at radius 1 is 0.963 bits per heavy atom. The molecule has 2 rings (SSSR count). The van der Waals surface area contributed by atoms with Crippen molar-refractivity contribution in [3.05, 3.63) is 65.7 Å². The number of carbonyl (C=O) groups excluding carboxylic acids is 3. The molecular weight excluding hydrogens is 348 g/mol. The first kappa shape index (κ1) is 20.0. The van der Waals surface area contributed by atoms with E-state index >= 15 is 0 Å². The molecule has 0 aliphatic rings. The minimum Gasteiger partial charge on any atom is -0.444 e. The van der Waals surface area contributed by atoms with Crippen LogP contribution in [0.25, 0.3) is 0 Å². The fraction of sp³-hybridized carbons (Fsp3) is 0.250. The zero-order valence-electron chi connectivity index (χ0n) is 15.4. The number of primary amides is 1. The molecule has 0 heterocycles. The third-order valence-corrected chi connectivity index (χ3v) is 3.35. The molecule has 0 saturated carbocycles. The van der Waals surface area contributed by atoms with E-state index in [1.807, 2.05) is 0 Å². The Bertz CT molecular complexity index is 811. The predicted molar refractivity (Wildman–Crippen MR) is 100 cm³/mol. The van der Waals surface area contributed by atoms with E-state index in [-0.39, 0.29) is 5.56 Å². The average Bonchev–Trinajstić information content (AvgIpc) is 2.59. The van der Waals surface area contributed by atoms with Crippen LogP contribution in [0.1, 0.15) is 42.8 Å². The molecule has 0 unspecified atom stereocenters. The van der Waals surface area contributed by atoms with Crippen molar-refractivity contribution in [1.29, 1.82) is 0 Å². The number of nitrogens with one attached hydrogen (secondary N) is 1. The zero-order chi connectivity index (χ0) is 20.0. The van der Waals surface area contributed by atoms with Gasteiger partial charge in [-0.3, -0.25) is 10.1 Å². The van der Waals surface area contributed by atoms with Gasteiger partial charge < -0.3 is 15.2 Å². The van der Waals surface area contributed by atoms with Gasteiger partial charge in [0.2, 0.25) is 6.10 Å². The van der Waals surface area contributed by atoms with E-state index in [1.54, 1.807) is 51.1 Å². The summed E-state index contributed by atoms with van der Waals surface area (Å²) in [6.45, 7) is 5.27. The minimum absolute atomic E-state index is 0.215. The number of carbonyl (C=O) groups is 3. The van der Waals surface area contributed by atoms with Crippen molar-refractivity contribution < 1.29 is 23.9 Å². The van der Waals surface area contributed by atoms with Crippen LogP contribution in [0.3, 0.4) is 0 Å². The number of anilines is 1. The van der Waals surface area contributed by atoms with E-state index in [0.717, 1.165) is 0 Å². The van der Waals surface area contributed by atoms with E-state index in [4.69, 9.17) is 15.2 Å². The molecule has 0 aromatic heterocycles. The van der Waals surface area contributed by atoms with Crippen molar-refractivity contribution in [3.8, 4) is 0 Å². The van der Waals surface area contributed by atoms with Crippen molar-refractivity contribution in [3.63, 3.8) is 0 Å². The lowest BCUT2D eigenvalue weighted by Gasteiger charge is -2.19. The number of esters is 1. The second-order valence-electron chi connectivity index (χ2n) is 6.80. The topological polar surface area (TPSA) is 108 Å². The zero-order valence-corrected chi connectivity index (χ0v) is 15.4. The lowest BCUT2D eigenvalue weighted by Crippen LogP contribution is -2.27. The molecule has 0 saturated heterocycles. The maximum atomic E-state index is 12.3. The van der Waals surface area contributed by atoms with Gasteiger partial charge in [0.05, 0.1) is 5.56 Å². The smallest absolute Gasteiger partial charge is 0.412 e. The Kier molecular flexibility index (Phi) is 6.18. The van der Waals surface area contributed by atoms with Crippen LogP contribution in [-0.4, -0.2) is 23.6 Å². The summed E-state index contributed by atoms with van der Waals surface area (Å²) in [7, 11) is 0. The Balaban J connectivity index is 2.04. The molecule has 2 aromatic carbocycles. The molecule has 0 aliphatic heterocycles. The highest BCUT2D eigenvalue weighted by Crippen LogP contribution is 2.20. The SMILES string of the molecule is CC(C)(C)OC(=O)Nc1ccc(C(=O)O[C@@H](C(N)=O)c2ccccc2)cc1. The quantitative estimate of drug-likeness (QED) is 0.784. The second kappa shape index (κ2) is 8.35. The number of ether oxygens (including phenoxy) is 2. The van der Waals surface area contributed by atoms with Crippen molar-refractivity contribution in [1.82, 2.24) is 0 Å². The van der Waals surface area contributed by atoms with E-state index in [1.165, 1.54) is 24.3 Å². The molecule has 0 aliphatic carbocycles. The van der Waals surface area contributed by atoms with E-state index in [2.05, 4.69) is 5.32 Å². The summed E-state index contributed by atoms with van der Waals surface area (Å²) in [4.78, 5) is 35.7. The third-order valence-electron chi connectivity index (χ3n) is 3.35. The first-order chi connectivity index (χ1) is 12.7. The number of hydrogen-bond acceptors (Lipinski definition) is 5. The first-order valence-electron chi connectivity index (χ1n) is 8.31. The average molecular weight is 370 g/mol. The number of nitrogens with two attached hydrogens (primary N) is 1. The van der Waals surface area contributed by atoms with Crippen molar-refractivity contribution >= 4 is 23.7 Å². The molecule has 0 spiro atoms. The lowest BCUT2D eigenvalue weighted by atomic mass is 10.1. The Morgan fingerprint density at radius 2 is 1.56 bits per heavy atom. The molecule has 2 amide bonds. The number of rotatable bonds is 5. The summed E-state index contributed by atoms with van der Waals surface area (Å²) < 4.78 is 10.4. The molecule has 1 atom stereocenters. The van der Waals surface area contributed by atoms with Crippen molar-refractivity contribution in [2.75, 3.05) is 5.32 Å². The fourth-order valence-corrected chi connectivity index (χ4v) is 2.20. The molecule has 0 fully saturated rings. The normalized spacial score (nSPS) is 12.0. The molecule has 0 bridgehead atoms. The Morgan fingerprint density at radius 3 is 2.07 bits per heavy atom. The molecule has 7 nitrogen and oxygen atoms in total. The maximum Gasteiger partial charge on any atom is 0.412 e. The van der Waals surface area contributed by atoms with Crippen LogP contribution in [0.4, 0.5) is 10.5 Å². The summed E-state index contributed by atoms with van der Waals surface area (Å²) in [5, 5.41) is 2.56. The monoisotopic (exact) mass is 370 g/mol. The van der Waals surface area contributed by atoms with Crippen LogP contribution in [0.5, 0.6) is 0 Å². The van der Waals surface area contributed by atoms with Gasteiger partial charge in [-0.15, -0.1) is 0 Å². The number of hydrogen-bond donors (Lipinski definition) is 2. The van der Waals surface area contributed by atoms with Crippen molar-refractivity contribution in [2.45, 2.75) is 32.5 Å². The first-order valence-corrected chi connectivity index (χ1v) is 8.31. The highest BCUT2D eigenvalue weighted by Gasteiger charge is 2.23. The van der Waals surface area contributed by atoms with Crippen LogP contribution in [0.2, 0.25) is 0 Å². The second-order valence-corrected chi connectivity index (χ2v) is 6.80. The summed E-state index contributed by atoms with van der Waals surface area (Å²) in [5.41, 5.74) is 5.89. The van der Waals surface area contributed by atoms with Gasteiger partial charge in [-0.2, -0.15) is 0 Å². The summed E-state index contributed by atoms with van der Waals surface area (Å²) in [6.07, 6.45) is -1.78. The van der Waals surface area contributed by atoms with E-state index in [9.17, 15) is 14.4 Å². The third kappa shape index (κ3) is 6.14. The van der Waals surface area contributed by atoms with E-state index in [0.29, 0.717) is 11.3 Å². The standard InChI is InChI=1S/C20H22N2O5/c1-20(2,3)27-19(25)22-15-11-9-14(10-12-15)18(24)26-16(17(21)23)13-7-5-4-6-8-13/h4-12,16H,1-3H3,(H2,21,23)(H,22,25)/t16-/m1/s1. The van der Waals surface area contributed by atoms with Crippen LogP contribution >= 0.6 is 0 Å². The van der Waals surface area contributed by atoms with Gasteiger partial charge in [0.1, 0.15) is 5.60 Å². The highest BCUT2D eigenvalue weighted by atomic mass is 16.6. The molecule has 142 valence electrons. The Labute approximate surface area is 157 Å². The largest absolute Gasteiger partial charge is 0.444 e. The molecule has 3 N–H and O–H groups in total. The van der Waals surface area contributed by atoms with Crippen LogP contribution in [-0.2, 0) is 14.3 Å². The summed E-state index contributed by atoms with van der Waals surface area (Å²) >= 11 is 0. The van der Waals surface area contributed by atoms with Gasteiger partial charge >= 0.3 is 12.1 Å². The van der Waals surface area contributed by atoms with Gasteiger partial charge in [0, 0.05) is 11.3 Å². The molecule has 7 heteroatoms. The lowest BCUT2D eigenvalue weighted by molar-refractivity contribution is -0.127. The minimum atomic E-state index is -1.18. The maximum absolute atomic E-state index is 12.3. The fourth-order valence-electron chi connectivity index (χ4n) is 2.20. The molecule has 27 heavy (non-hydrogen) atoms. The van der Waals surface area contributed by atoms with Crippen LogP contribution in [0, 0.1) is 0 Å². The molecule has 2 aromatic rings. The van der Waals surface area contributed by atoms with Crippen LogP contribution < -0.4 is 11.1 Å². The number of benzene rings is 2. The summed E-state index contributed by atoms with van der Waals surface area (Å²) in [5.74, 6) is -1.47. The van der Waals surface area contributed by atoms with Gasteiger partial charge in [0.25, 0.3) is 5.91 Å². The Hall–Kier alpha value is -3.35. The predicted octanol–water partition coefficient (Wildman–Crippen LogP) is 3.42. The van der Waals surface area contributed by atoms with Gasteiger partial charge in [0.15, 0.2) is 0 Å². The molecular formula is C20H22N2O5. The highest BCUT2D eigenvalue weighted by molar-refractivity contribution is 5.93. The van der Waals surface area contributed by atoms with Gasteiger partial charge in [-0.25, -0.2) is 9.59 Å². The molecule has 0 radical (unpaired) electrons. The van der Waals surface area contributed by atoms with Crippen molar-refractivity contribution in [2.24, 2.45) is 5.73 Å². The number of amides is 2. The summed E-state index contributed by atoms with van der Waals surface area (Å²) in [6, 6.07) is 14.5. The van der Waals surface area contributed by atoms with E-state index < -0.39 is 29.7 Å². The van der Waals surface area contributed by atoms with Crippen LogP contribution in [0.15, 0.2) is 54.6 Å². The van der Waals surface area contributed by atoms with Gasteiger partial charge in [-0.1, -0.05) is 30.3 Å².